The van der Waals surface area contributed by atoms with Gasteiger partial charge in [-0.05, 0) is 41.8 Å². The van der Waals surface area contributed by atoms with Crippen molar-refractivity contribution >= 4 is 28.3 Å². The van der Waals surface area contributed by atoms with Crippen LogP contribution < -0.4 is 0 Å². The number of carbonyl (C=O) groups is 1. The predicted molar refractivity (Wildman–Crippen MR) is 78.9 cm³/mol. The number of halogens is 3. The Hall–Kier alpha value is -1.68. The summed E-state index contributed by atoms with van der Waals surface area (Å²) in [6, 6.07) is 10.8. The summed E-state index contributed by atoms with van der Waals surface area (Å²) in [6.45, 7) is 1.45. The minimum Gasteiger partial charge on any atom is -0.462 e. The van der Waals surface area contributed by atoms with Crippen molar-refractivity contribution in [3.8, 4) is 0 Å². The number of alkyl halides is 2. The van der Waals surface area contributed by atoms with Crippen molar-refractivity contribution in [3.63, 3.8) is 0 Å². The number of benzene rings is 2. The Bertz CT molecular complexity index is 656. The molecule has 0 aliphatic heterocycles. The summed E-state index contributed by atoms with van der Waals surface area (Å²) < 4.78 is 31.5. The van der Waals surface area contributed by atoms with E-state index in [-0.39, 0.29) is 13.0 Å². The molecule has 0 saturated heterocycles. The van der Waals surface area contributed by atoms with Crippen molar-refractivity contribution < 1.29 is 18.3 Å². The van der Waals surface area contributed by atoms with Crippen LogP contribution in [0.1, 0.15) is 18.9 Å². The zero-order chi connectivity index (χ0) is 15.5. The lowest BCUT2D eigenvalue weighted by Crippen LogP contribution is -2.31. The van der Waals surface area contributed by atoms with Crippen molar-refractivity contribution in [1.82, 2.24) is 0 Å². The molecule has 21 heavy (non-hydrogen) atoms. The van der Waals surface area contributed by atoms with Crippen LogP contribution >= 0.6 is 11.6 Å². The molecule has 0 radical (unpaired) electrons. The molecule has 0 aliphatic rings. The lowest BCUT2D eigenvalue weighted by atomic mass is 10.0. The second kappa shape index (κ2) is 6.39. The smallest absolute Gasteiger partial charge is 0.376 e. The predicted octanol–water partition coefficient (Wildman–Crippen LogP) is 4.62. The molecule has 0 atom stereocenters. The summed E-state index contributed by atoms with van der Waals surface area (Å²) in [5, 5.41) is 2.50. The van der Waals surface area contributed by atoms with Gasteiger partial charge in [-0.15, -0.1) is 0 Å². The lowest BCUT2D eigenvalue weighted by Gasteiger charge is -2.14. The topological polar surface area (TPSA) is 26.3 Å². The number of esters is 1. The number of fused-ring (bicyclic) bond motifs is 1. The molecule has 0 aliphatic carbocycles. The number of ether oxygens (including phenoxy) is 1. The van der Waals surface area contributed by atoms with Crippen LogP contribution in [0.3, 0.4) is 0 Å². The molecule has 2 aromatic rings. The Morgan fingerprint density at radius 2 is 1.86 bits per heavy atom. The third-order valence-electron chi connectivity index (χ3n) is 3.17. The van der Waals surface area contributed by atoms with Gasteiger partial charge in [0.25, 0.3) is 0 Å². The Morgan fingerprint density at radius 3 is 2.57 bits per heavy atom. The van der Waals surface area contributed by atoms with E-state index < -0.39 is 18.3 Å². The molecule has 0 aromatic heterocycles. The van der Waals surface area contributed by atoms with Crippen LogP contribution in [-0.4, -0.2) is 18.5 Å². The van der Waals surface area contributed by atoms with Crippen LogP contribution in [0.15, 0.2) is 36.4 Å². The van der Waals surface area contributed by atoms with Crippen molar-refractivity contribution in [2.75, 3.05) is 6.61 Å². The summed E-state index contributed by atoms with van der Waals surface area (Å²) in [5.74, 6) is -4.91. The Balaban J connectivity index is 2.10. The van der Waals surface area contributed by atoms with Crippen molar-refractivity contribution in [1.29, 1.82) is 0 Å². The maximum absolute atomic E-state index is 13.6. The zero-order valence-corrected chi connectivity index (χ0v) is 12.3. The Morgan fingerprint density at radius 1 is 1.19 bits per heavy atom. The molecule has 0 heterocycles. The highest BCUT2D eigenvalue weighted by Gasteiger charge is 2.39. The first-order valence-corrected chi connectivity index (χ1v) is 7.03. The fourth-order valence-corrected chi connectivity index (χ4v) is 2.24. The molecule has 2 rings (SSSR count). The first-order valence-electron chi connectivity index (χ1n) is 6.65. The van der Waals surface area contributed by atoms with Gasteiger partial charge in [0.15, 0.2) is 0 Å². The number of carbonyl (C=O) groups excluding carboxylic acids is 1. The van der Waals surface area contributed by atoms with Crippen molar-refractivity contribution in [2.45, 2.75) is 25.7 Å². The highest BCUT2D eigenvalue weighted by atomic mass is 35.5. The normalized spacial score (nSPS) is 11.6. The van der Waals surface area contributed by atoms with Crippen LogP contribution in [0.5, 0.6) is 0 Å². The van der Waals surface area contributed by atoms with Gasteiger partial charge in [0.2, 0.25) is 0 Å². The third kappa shape index (κ3) is 3.91. The number of rotatable bonds is 5. The van der Waals surface area contributed by atoms with E-state index in [2.05, 4.69) is 4.74 Å². The van der Waals surface area contributed by atoms with Crippen molar-refractivity contribution in [2.24, 2.45) is 0 Å². The molecule has 0 spiro atoms. The van der Waals surface area contributed by atoms with Crippen LogP contribution in [0.4, 0.5) is 8.78 Å². The maximum atomic E-state index is 13.6. The van der Waals surface area contributed by atoms with Gasteiger partial charge in [0, 0.05) is 11.4 Å². The minimum atomic E-state index is -3.45. The van der Waals surface area contributed by atoms with E-state index in [9.17, 15) is 13.6 Å². The SMILES string of the molecule is CCOC(=O)C(F)(F)CCc1ccc2cc(Cl)ccc2c1. The largest absolute Gasteiger partial charge is 0.462 e. The molecular formula is C16H15ClF2O2. The fraction of sp³-hybridized carbons (Fsp3) is 0.312. The molecule has 0 N–H and O–H groups in total. The number of aryl methyl sites for hydroxylation is 1. The summed E-state index contributed by atoms with van der Waals surface area (Å²) in [4.78, 5) is 11.1. The first kappa shape index (κ1) is 15.7. The lowest BCUT2D eigenvalue weighted by molar-refractivity contribution is -0.172. The molecule has 0 unspecified atom stereocenters. The van der Waals surface area contributed by atoms with Crippen LogP contribution in [0.25, 0.3) is 10.8 Å². The third-order valence-corrected chi connectivity index (χ3v) is 3.40. The number of hydrogen-bond acceptors (Lipinski definition) is 2. The molecule has 0 fully saturated rings. The van der Waals surface area contributed by atoms with Crippen molar-refractivity contribution in [3.05, 3.63) is 47.0 Å². The molecule has 5 heteroatoms. The molecule has 0 saturated carbocycles. The molecule has 112 valence electrons. The second-order valence-corrected chi connectivity index (χ2v) is 5.19. The van der Waals surface area contributed by atoms with Gasteiger partial charge in [0.1, 0.15) is 0 Å². The molecule has 2 nitrogen and oxygen atoms in total. The van der Waals surface area contributed by atoms with E-state index in [1.165, 1.54) is 6.92 Å². The van der Waals surface area contributed by atoms with Crippen LogP contribution in [-0.2, 0) is 16.0 Å². The maximum Gasteiger partial charge on any atom is 0.376 e. The van der Waals surface area contributed by atoms with E-state index >= 15 is 0 Å². The molecule has 0 amide bonds. The standard InChI is InChI=1S/C16H15ClF2O2/c1-2-21-15(20)16(18,19)8-7-11-3-4-13-10-14(17)6-5-12(13)9-11/h3-6,9-10H,2,7-8H2,1H3. The van der Waals surface area contributed by atoms with Gasteiger partial charge in [0.05, 0.1) is 6.61 Å². The highest BCUT2D eigenvalue weighted by Crippen LogP contribution is 2.25. The summed E-state index contributed by atoms with van der Waals surface area (Å²) in [7, 11) is 0. The van der Waals surface area contributed by atoms with E-state index in [1.807, 2.05) is 24.3 Å². The van der Waals surface area contributed by atoms with E-state index in [0.29, 0.717) is 5.02 Å². The molecule has 2 aromatic carbocycles. The van der Waals surface area contributed by atoms with Gasteiger partial charge in [-0.1, -0.05) is 35.9 Å². The Labute approximate surface area is 126 Å². The summed E-state index contributed by atoms with van der Waals surface area (Å²) in [5.41, 5.74) is 0.744. The van der Waals surface area contributed by atoms with E-state index in [4.69, 9.17) is 11.6 Å². The first-order chi connectivity index (χ1) is 9.92. The Kier molecular flexibility index (Phi) is 4.78. The quantitative estimate of drug-likeness (QED) is 0.753. The average Bonchev–Trinajstić information content (AvgIpc) is 2.45. The minimum absolute atomic E-state index is 0.0504. The van der Waals surface area contributed by atoms with Gasteiger partial charge in [-0.2, -0.15) is 8.78 Å². The zero-order valence-electron chi connectivity index (χ0n) is 11.5. The summed E-state index contributed by atoms with van der Waals surface area (Å²) >= 11 is 5.89. The van der Waals surface area contributed by atoms with Crippen LogP contribution in [0, 0.1) is 0 Å². The van der Waals surface area contributed by atoms with Gasteiger partial charge in [-0.25, -0.2) is 4.79 Å². The summed E-state index contributed by atoms with van der Waals surface area (Å²) in [6.07, 6.45) is -0.463. The van der Waals surface area contributed by atoms with Gasteiger partial charge < -0.3 is 4.74 Å². The van der Waals surface area contributed by atoms with Crippen LogP contribution in [0.2, 0.25) is 5.02 Å². The second-order valence-electron chi connectivity index (χ2n) is 4.75. The molecule has 0 bridgehead atoms. The number of hydrogen-bond donors (Lipinski definition) is 0. The highest BCUT2D eigenvalue weighted by molar-refractivity contribution is 6.31. The molecular weight excluding hydrogens is 298 g/mol. The monoisotopic (exact) mass is 312 g/mol. The van der Waals surface area contributed by atoms with E-state index in [0.717, 1.165) is 16.3 Å². The fourth-order valence-electron chi connectivity index (χ4n) is 2.06. The van der Waals surface area contributed by atoms with Gasteiger partial charge >= 0.3 is 11.9 Å². The van der Waals surface area contributed by atoms with Gasteiger partial charge in [-0.3, -0.25) is 0 Å². The average molecular weight is 313 g/mol. The van der Waals surface area contributed by atoms with E-state index in [1.54, 1.807) is 12.1 Å².